The maximum absolute atomic E-state index is 4.37. The largest absolute Gasteiger partial charge is 0.289 e. The molecule has 1 aliphatic heterocycles. The van der Waals surface area contributed by atoms with Crippen LogP contribution < -0.4 is 10.6 Å². The van der Waals surface area contributed by atoms with Gasteiger partial charge in [0, 0.05) is 12.1 Å². The average molecular weight is 172 g/mol. The van der Waals surface area contributed by atoms with E-state index < -0.39 is 0 Å². The minimum Gasteiger partial charge on any atom is -0.289 e. The molecule has 0 amide bonds. The monoisotopic (exact) mass is 172 g/mol. The highest BCUT2D eigenvalue weighted by Crippen LogP contribution is 2.28. The summed E-state index contributed by atoms with van der Waals surface area (Å²) < 4.78 is 0. The SMILES string of the molecule is CC1CCCC2NC(S)NC12. The molecule has 0 aromatic heterocycles. The summed E-state index contributed by atoms with van der Waals surface area (Å²) >= 11 is 4.37. The minimum absolute atomic E-state index is 0.227. The molecule has 1 aliphatic carbocycles. The Morgan fingerprint density at radius 2 is 2.09 bits per heavy atom. The molecule has 3 heteroatoms. The van der Waals surface area contributed by atoms with Gasteiger partial charge in [-0.2, -0.15) is 0 Å². The molecule has 0 radical (unpaired) electrons. The van der Waals surface area contributed by atoms with Crippen molar-refractivity contribution in [2.24, 2.45) is 5.92 Å². The molecule has 0 bridgehead atoms. The van der Waals surface area contributed by atoms with Crippen LogP contribution in [0, 0.1) is 5.92 Å². The van der Waals surface area contributed by atoms with Gasteiger partial charge in [-0.15, -0.1) is 12.6 Å². The van der Waals surface area contributed by atoms with Crippen molar-refractivity contribution >= 4 is 12.6 Å². The van der Waals surface area contributed by atoms with Crippen LogP contribution in [0.4, 0.5) is 0 Å². The first kappa shape index (κ1) is 7.90. The number of hydrogen-bond donors (Lipinski definition) is 3. The molecule has 0 aromatic rings. The Bertz CT molecular complexity index is 151. The predicted octanol–water partition coefficient (Wildman–Crippen LogP) is 0.950. The predicted molar refractivity (Wildman–Crippen MR) is 49.6 cm³/mol. The molecule has 4 atom stereocenters. The minimum atomic E-state index is 0.227. The number of hydrogen-bond acceptors (Lipinski definition) is 3. The summed E-state index contributed by atoms with van der Waals surface area (Å²) in [6, 6.07) is 1.35. The van der Waals surface area contributed by atoms with Crippen molar-refractivity contribution in [2.75, 3.05) is 0 Å². The molecule has 2 aliphatic rings. The standard InChI is InChI=1S/C8H16N2S/c1-5-3-2-4-6-7(5)10-8(11)9-6/h5-11H,2-4H2,1H3. The fourth-order valence-corrected chi connectivity index (χ4v) is 2.68. The van der Waals surface area contributed by atoms with Crippen molar-refractivity contribution in [1.82, 2.24) is 10.6 Å². The van der Waals surface area contributed by atoms with Crippen LogP contribution in [-0.2, 0) is 0 Å². The van der Waals surface area contributed by atoms with Gasteiger partial charge in [0.2, 0.25) is 0 Å². The molecule has 1 heterocycles. The van der Waals surface area contributed by atoms with E-state index in [1.807, 2.05) is 0 Å². The van der Waals surface area contributed by atoms with Crippen molar-refractivity contribution in [3.05, 3.63) is 0 Å². The van der Waals surface area contributed by atoms with Crippen LogP contribution >= 0.6 is 12.6 Å². The Hall–Kier alpha value is 0.270. The molecule has 64 valence electrons. The zero-order chi connectivity index (χ0) is 7.84. The zero-order valence-electron chi connectivity index (χ0n) is 6.88. The zero-order valence-corrected chi connectivity index (χ0v) is 7.77. The summed E-state index contributed by atoms with van der Waals surface area (Å²) in [5.74, 6) is 0.818. The molecular weight excluding hydrogens is 156 g/mol. The molecule has 2 fully saturated rings. The second kappa shape index (κ2) is 2.96. The summed E-state index contributed by atoms with van der Waals surface area (Å²) in [6.45, 7) is 2.33. The van der Waals surface area contributed by atoms with Crippen LogP contribution in [0.25, 0.3) is 0 Å². The van der Waals surface area contributed by atoms with Gasteiger partial charge in [0.25, 0.3) is 0 Å². The van der Waals surface area contributed by atoms with Crippen LogP contribution in [0.3, 0.4) is 0 Å². The van der Waals surface area contributed by atoms with Crippen LogP contribution in [0.15, 0.2) is 0 Å². The molecule has 11 heavy (non-hydrogen) atoms. The summed E-state index contributed by atoms with van der Waals surface area (Å²) in [7, 11) is 0. The van der Waals surface area contributed by atoms with Crippen LogP contribution in [0.1, 0.15) is 26.2 Å². The highest BCUT2D eigenvalue weighted by Gasteiger charge is 2.36. The quantitative estimate of drug-likeness (QED) is 0.474. The van der Waals surface area contributed by atoms with E-state index in [2.05, 4.69) is 30.2 Å². The highest BCUT2D eigenvalue weighted by molar-refractivity contribution is 7.80. The third-order valence-corrected chi connectivity index (χ3v) is 3.24. The fraction of sp³-hybridized carbons (Fsp3) is 1.00. The van der Waals surface area contributed by atoms with Gasteiger partial charge in [-0.05, 0) is 18.8 Å². The summed E-state index contributed by atoms with van der Waals surface area (Å²) in [4.78, 5) is 0. The number of rotatable bonds is 0. The number of fused-ring (bicyclic) bond motifs is 1. The topological polar surface area (TPSA) is 24.1 Å². The van der Waals surface area contributed by atoms with E-state index in [0.717, 1.165) is 5.92 Å². The smallest absolute Gasteiger partial charge is 0.103 e. The Morgan fingerprint density at radius 1 is 1.27 bits per heavy atom. The second-order valence-corrected chi connectivity index (χ2v) is 4.29. The number of thiol groups is 1. The van der Waals surface area contributed by atoms with E-state index in [-0.39, 0.29) is 5.50 Å². The van der Waals surface area contributed by atoms with Crippen molar-refractivity contribution in [1.29, 1.82) is 0 Å². The Morgan fingerprint density at radius 3 is 2.82 bits per heavy atom. The Kier molecular flexibility index (Phi) is 2.12. The molecular formula is C8H16N2S. The van der Waals surface area contributed by atoms with Gasteiger partial charge < -0.3 is 0 Å². The van der Waals surface area contributed by atoms with Crippen molar-refractivity contribution in [2.45, 2.75) is 43.8 Å². The molecule has 1 saturated heterocycles. The molecule has 2 N–H and O–H groups in total. The lowest BCUT2D eigenvalue weighted by atomic mass is 9.83. The third kappa shape index (κ3) is 1.42. The Balaban J connectivity index is 2.03. The summed E-state index contributed by atoms with van der Waals surface area (Å²) in [5, 5.41) is 6.90. The first-order valence-electron chi connectivity index (χ1n) is 4.47. The van der Waals surface area contributed by atoms with Crippen molar-refractivity contribution in [3.8, 4) is 0 Å². The summed E-state index contributed by atoms with van der Waals surface area (Å²) in [6.07, 6.45) is 4.06. The lowest BCUT2D eigenvalue weighted by Crippen LogP contribution is -2.41. The lowest BCUT2D eigenvalue weighted by molar-refractivity contribution is 0.284. The van der Waals surface area contributed by atoms with E-state index in [1.54, 1.807) is 0 Å². The van der Waals surface area contributed by atoms with Gasteiger partial charge in [0.1, 0.15) is 5.50 Å². The van der Waals surface area contributed by atoms with E-state index in [9.17, 15) is 0 Å². The van der Waals surface area contributed by atoms with Crippen molar-refractivity contribution < 1.29 is 0 Å². The molecule has 0 aromatic carbocycles. The molecule has 0 spiro atoms. The second-order valence-electron chi connectivity index (χ2n) is 3.78. The molecule has 4 unspecified atom stereocenters. The third-order valence-electron chi connectivity index (χ3n) is 2.94. The summed E-state index contributed by atoms with van der Waals surface area (Å²) in [5.41, 5.74) is 0.227. The molecule has 2 nitrogen and oxygen atoms in total. The molecule has 1 saturated carbocycles. The van der Waals surface area contributed by atoms with Gasteiger partial charge in [0.15, 0.2) is 0 Å². The maximum atomic E-state index is 4.37. The van der Waals surface area contributed by atoms with Gasteiger partial charge in [-0.1, -0.05) is 13.3 Å². The van der Waals surface area contributed by atoms with Crippen LogP contribution in [0.2, 0.25) is 0 Å². The lowest BCUT2D eigenvalue weighted by Gasteiger charge is -2.30. The van der Waals surface area contributed by atoms with Crippen LogP contribution in [0.5, 0.6) is 0 Å². The van der Waals surface area contributed by atoms with E-state index in [1.165, 1.54) is 19.3 Å². The van der Waals surface area contributed by atoms with Gasteiger partial charge in [0.05, 0.1) is 0 Å². The average Bonchev–Trinajstić information content (AvgIpc) is 2.31. The first-order chi connectivity index (χ1) is 5.27. The fourth-order valence-electron chi connectivity index (χ4n) is 2.32. The normalized spacial score (nSPS) is 50.7. The molecule has 2 rings (SSSR count). The van der Waals surface area contributed by atoms with E-state index in [0.29, 0.717) is 12.1 Å². The van der Waals surface area contributed by atoms with Gasteiger partial charge in [-0.3, -0.25) is 10.6 Å². The van der Waals surface area contributed by atoms with Gasteiger partial charge >= 0.3 is 0 Å². The Labute approximate surface area is 73.5 Å². The van der Waals surface area contributed by atoms with Crippen LogP contribution in [-0.4, -0.2) is 17.6 Å². The maximum Gasteiger partial charge on any atom is 0.103 e. The highest BCUT2D eigenvalue weighted by atomic mass is 32.1. The van der Waals surface area contributed by atoms with Gasteiger partial charge in [-0.25, -0.2) is 0 Å². The van der Waals surface area contributed by atoms with E-state index in [4.69, 9.17) is 0 Å². The van der Waals surface area contributed by atoms with E-state index >= 15 is 0 Å². The number of nitrogens with one attached hydrogen (secondary N) is 2. The first-order valence-corrected chi connectivity index (χ1v) is 4.99. The van der Waals surface area contributed by atoms with Crippen molar-refractivity contribution in [3.63, 3.8) is 0 Å².